The maximum absolute atomic E-state index is 13.0. The molecule has 3 rings (SSSR count). The molecule has 1 aromatic carbocycles. The van der Waals surface area contributed by atoms with Crippen LogP contribution in [-0.4, -0.2) is 28.4 Å². The van der Waals surface area contributed by atoms with Crippen molar-refractivity contribution >= 4 is 17.2 Å². The second kappa shape index (κ2) is 8.62. The van der Waals surface area contributed by atoms with Gasteiger partial charge in [-0.25, -0.2) is 9.37 Å². The molecule has 0 N–H and O–H groups in total. The fraction of sp³-hybridized carbons (Fsp3) is 0.500. The van der Waals surface area contributed by atoms with Gasteiger partial charge in [0.1, 0.15) is 28.1 Å². The van der Waals surface area contributed by atoms with Gasteiger partial charge in [0, 0.05) is 12.6 Å². The number of aromatic nitrogens is 1. The zero-order chi connectivity index (χ0) is 18.5. The molecule has 0 aliphatic heterocycles. The molecule has 0 radical (unpaired) electrons. The van der Waals surface area contributed by atoms with Crippen molar-refractivity contribution < 1.29 is 13.9 Å². The summed E-state index contributed by atoms with van der Waals surface area (Å²) in [7, 11) is 0. The van der Waals surface area contributed by atoms with E-state index in [4.69, 9.17) is 4.74 Å². The van der Waals surface area contributed by atoms with Crippen LogP contribution in [-0.2, 0) is 6.61 Å². The Hall–Kier alpha value is -1.95. The lowest BCUT2D eigenvalue weighted by atomic mass is 9.94. The molecule has 26 heavy (non-hydrogen) atoms. The molecule has 1 fully saturated rings. The average Bonchev–Trinajstić information content (AvgIpc) is 3.03. The smallest absolute Gasteiger partial charge is 0.266 e. The first kappa shape index (κ1) is 18.8. The highest BCUT2D eigenvalue weighted by molar-refractivity contribution is 7.13. The zero-order valence-electron chi connectivity index (χ0n) is 15.3. The van der Waals surface area contributed by atoms with Crippen LogP contribution < -0.4 is 4.74 Å². The molecule has 1 aromatic heterocycles. The number of thiazole rings is 1. The Labute approximate surface area is 158 Å². The van der Waals surface area contributed by atoms with Crippen molar-refractivity contribution in [1.29, 1.82) is 0 Å². The van der Waals surface area contributed by atoms with Crippen LogP contribution in [0.3, 0.4) is 0 Å². The van der Waals surface area contributed by atoms with Gasteiger partial charge in [0.25, 0.3) is 5.91 Å². The molecule has 1 heterocycles. The summed E-state index contributed by atoms with van der Waals surface area (Å²) < 4.78 is 18.6. The van der Waals surface area contributed by atoms with E-state index in [0.29, 0.717) is 16.7 Å². The van der Waals surface area contributed by atoms with Crippen LogP contribution in [0.25, 0.3) is 0 Å². The van der Waals surface area contributed by atoms with Crippen LogP contribution in [0, 0.1) is 12.7 Å². The van der Waals surface area contributed by atoms with Crippen LogP contribution in [0.15, 0.2) is 24.3 Å². The van der Waals surface area contributed by atoms with E-state index < -0.39 is 0 Å². The minimum Gasteiger partial charge on any atom is -0.486 e. The van der Waals surface area contributed by atoms with Gasteiger partial charge in [-0.1, -0.05) is 19.3 Å². The predicted molar refractivity (Wildman–Crippen MR) is 101 cm³/mol. The third-order valence-corrected chi connectivity index (χ3v) is 5.95. The number of carbonyl (C=O) groups is 1. The van der Waals surface area contributed by atoms with Gasteiger partial charge in [0.05, 0.1) is 5.69 Å². The van der Waals surface area contributed by atoms with E-state index in [9.17, 15) is 9.18 Å². The molecule has 0 spiro atoms. The summed E-state index contributed by atoms with van der Waals surface area (Å²) in [6.45, 7) is 4.92. The first-order valence-electron chi connectivity index (χ1n) is 9.24. The van der Waals surface area contributed by atoms with Crippen molar-refractivity contribution in [2.45, 2.75) is 58.6 Å². The first-order valence-corrected chi connectivity index (χ1v) is 10.1. The number of benzene rings is 1. The standard InChI is InChI=1S/C20H25FN2O2S/c1-3-23(16-7-5-4-6-8-16)20(24)19-14(2)22-18(26-19)13-25-17-11-9-15(21)10-12-17/h9-12,16H,3-8,13H2,1-2H3. The van der Waals surface area contributed by atoms with E-state index in [1.165, 1.54) is 42.7 Å². The molecule has 140 valence electrons. The lowest BCUT2D eigenvalue weighted by Crippen LogP contribution is -2.41. The summed E-state index contributed by atoms with van der Waals surface area (Å²) in [6.07, 6.45) is 5.86. The fourth-order valence-corrected chi connectivity index (χ4v) is 4.41. The highest BCUT2D eigenvalue weighted by atomic mass is 32.1. The van der Waals surface area contributed by atoms with Crippen LogP contribution in [0.4, 0.5) is 4.39 Å². The molecule has 4 nitrogen and oxygen atoms in total. The molecule has 0 saturated heterocycles. The van der Waals surface area contributed by atoms with Crippen molar-refractivity contribution in [2.24, 2.45) is 0 Å². The normalized spacial score (nSPS) is 15.0. The topological polar surface area (TPSA) is 42.4 Å². The third kappa shape index (κ3) is 4.41. The van der Waals surface area contributed by atoms with E-state index in [-0.39, 0.29) is 18.3 Å². The summed E-state index contributed by atoms with van der Waals surface area (Å²) in [5, 5.41) is 0.759. The minimum absolute atomic E-state index is 0.0856. The second-order valence-corrected chi connectivity index (χ2v) is 7.73. The van der Waals surface area contributed by atoms with Gasteiger partial charge < -0.3 is 9.64 Å². The van der Waals surface area contributed by atoms with Crippen molar-refractivity contribution in [3.8, 4) is 5.75 Å². The first-order chi connectivity index (χ1) is 12.6. The van der Waals surface area contributed by atoms with Crippen molar-refractivity contribution in [3.63, 3.8) is 0 Å². The highest BCUT2D eigenvalue weighted by Crippen LogP contribution is 2.27. The number of halogens is 1. The molecule has 1 aliphatic rings. The van der Waals surface area contributed by atoms with E-state index in [1.54, 1.807) is 12.1 Å². The molecule has 2 aromatic rings. The monoisotopic (exact) mass is 376 g/mol. The summed E-state index contributed by atoms with van der Waals surface area (Å²) in [5.41, 5.74) is 0.756. The SMILES string of the molecule is CCN(C(=O)c1sc(COc2ccc(F)cc2)nc1C)C1CCCCC1. The van der Waals surface area contributed by atoms with E-state index >= 15 is 0 Å². The predicted octanol–water partition coefficient (Wildman–Crippen LogP) is 4.96. The summed E-state index contributed by atoms with van der Waals surface area (Å²) >= 11 is 1.40. The Bertz CT molecular complexity index is 739. The van der Waals surface area contributed by atoms with Gasteiger partial charge in [-0.2, -0.15) is 0 Å². The third-order valence-electron chi connectivity index (χ3n) is 4.83. The van der Waals surface area contributed by atoms with Crippen molar-refractivity contribution in [3.05, 3.63) is 45.7 Å². The zero-order valence-corrected chi connectivity index (χ0v) is 16.2. The Balaban J connectivity index is 1.67. The summed E-state index contributed by atoms with van der Waals surface area (Å²) in [5.74, 6) is 0.379. The Morgan fingerprint density at radius 3 is 2.62 bits per heavy atom. The van der Waals surface area contributed by atoms with Crippen LogP contribution >= 0.6 is 11.3 Å². The number of nitrogens with zero attached hydrogens (tertiary/aromatic N) is 2. The fourth-order valence-electron chi connectivity index (χ4n) is 3.48. The Morgan fingerprint density at radius 2 is 1.96 bits per heavy atom. The maximum Gasteiger partial charge on any atom is 0.266 e. The maximum atomic E-state index is 13.0. The minimum atomic E-state index is -0.294. The molecular weight excluding hydrogens is 351 g/mol. The van der Waals surface area contributed by atoms with Gasteiger partial charge in [-0.3, -0.25) is 4.79 Å². The molecule has 1 amide bonds. The number of rotatable bonds is 6. The van der Waals surface area contributed by atoms with E-state index in [0.717, 1.165) is 30.1 Å². The molecular formula is C20H25FN2O2S. The van der Waals surface area contributed by atoms with Gasteiger partial charge in [-0.05, 0) is 51.0 Å². The molecule has 0 unspecified atom stereocenters. The van der Waals surface area contributed by atoms with Gasteiger partial charge >= 0.3 is 0 Å². The number of hydrogen-bond acceptors (Lipinski definition) is 4. The van der Waals surface area contributed by atoms with Crippen LogP contribution in [0.1, 0.15) is 59.4 Å². The summed E-state index contributed by atoms with van der Waals surface area (Å²) in [4.78, 5) is 20.2. The largest absolute Gasteiger partial charge is 0.486 e. The number of carbonyl (C=O) groups excluding carboxylic acids is 1. The summed E-state index contributed by atoms with van der Waals surface area (Å²) in [6, 6.07) is 6.25. The molecule has 0 atom stereocenters. The highest BCUT2D eigenvalue weighted by Gasteiger charge is 2.27. The Morgan fingerprint density at radius 1 is 1.27 bits per heavy atom. The van der Waals surface area contributed by atoms with E-state index in [1.807, 2.05) is 18.7 Å². The Kier molecular flexibility index (Phi) is 6.25. The number of amides is 1. The number of ether oxygens (including phenoxy) is 1. The van der Waals surface area contributed by atoms with Crippen LogP contribution in [0.5, 0.6) is 5.75 Å². The van der Waals surface area contributed by atoms with Gasteiger partial charge in [-0.15, -0.1) is 11.3 Å². The lowest BCUT2D eigenvalue weighted by molar-refractivity contribution is 0.0652. The van der Waals surface area contributed by atoms with Gasteiger partial charge in [0.2, 0.25) is 0 Å². The van der Waals surface area contributed by atoms with Gasteiger partial charge in [0.15, 0.2) is 0 Å². The van der Waals surface area contributed by atoms with Crippen molar-refractivity contribution in [1.82, 2.24) is 9.88 Å². The van der Waals surface area contributed by atoms with E-state index in [2.05, 4.69) is 4.98 Å². The molecule has 1 aliphatic carbocycles. The number of aryl methyl sites for hydroxylation is 1. The van der Waals surface area contributed by atoms with Crippen molar-refractivity contribution in [2.75, 3.05) is 6.54 Å². The molecule has 6 heteroatoms. The molecule has 0 bridgehead atoms. The molecule has 1 saturated carbocycles. The number of hydrogen-bond donors (Lipinski definition) is 0. The van der Waals surface area contributed by atoms with Crippen LogP contribution in [0.2, 0.25) is 0 Å². The second-order valence-electron chi connectivity index (χ2n) is 6.65. The lowest BCUT2D eigenvalue weighted by Gasteiger charge is -2.33. The quantitative estimate of drug-likeness (QED) is 0.715. The average molecular weight is 376 g/mol.